The van der Waals surface area contributed by atoms with E-state index >= 15 is 0 Å². The van der Waals surface area contributed by atoms with Crippen LogP contribution in [0.15, 0.2) is 47.2 Å². The Hall–Kier alpha value is -1.88. The number of aromatic nitrogens is 1. The van der Waals surface area contributed by atoms with E-state index in [-0.39, 0.29) is 11.9 Å². The molecule has 1 N–H and O–H groups in total. The number of rotatable bonds is 6. The van der Waals surface area contributed by atoms with Crippen LogP contribution in [-0.4, -0.2) is 18.0 Å². The third-order valence-corrected chi connectivity index (χ3v) is 4.02. The van der Waals surface area contributed by atoms with Crippen molar-refractivity contribution >= 4 is 21.8 Å². The molecule has 0 unspecified atom stereocenters. The summed E-state index contributed by atoms with van der Waals surface area (Å²) in [6.45, 7) is 2.10. The number of pyridine rings is 1. The fourth-order valence-corrected chi connectivity index (χ4v) is 2.81. The molecule has 0 radical (unpaired) electrons. The van der Waals surface area contributed by atoms with Crippen LogP contribution < -0.4 is 10.1 Å². The van der Waals surface area contributed by atoms with Gasteiger partial charge >= 0.3 is 0 Å². The number of halogens is 1. The van der Waals surface area contributed by atoms with Gasteiger partial charge in [-0.1, -0.05) is 19.4 Å². The van der Waals surface area contributed by atoms with Crippen LogP contribution in [0, 0.1) is 0 Å². The third-order valence-electron chi connectivity index (χ3n) is 3.40. The molecule has 1 atom stereocenters. The maximum atomic E-state index is 12.3. The van der Waals surface area contributed by atoms with Gasteiger partial charge in [-0.05, 0) is 52.2 Å². The smallest absolute Gasteiger partial charge is 0.251 e. The summed E-state index contributed by atoms with van der Waals surface area (Å²) in [5.41, 5.74) is 1.67. The van der Waals surface area contributed by atoms with Gasteiger partial charge in [-0.2, -0.15) is 0 Å². The number of nitrogens with one attached hydrogen (secondary N) is 1. The number of nitrogens with zero attached hydrogens (tertiary/aromatic N) is 1. The number of hydrogen-bond donors (Lipinski definition) is 1. The monoisotopic (exact) mass is 362 g/mol. The molecule has 1 aromatic carbocycles. The minimum atomic E-state index is -0.0900. The van der Waals surface area contributed by atoms with Crippen LogP contribution in [0.2, 0.25) is 0 Å². The van der Waals surface area contributed by atoms with E-state index < -0.39 is 0 Å². The van der Waals surface area contributed by atoms with E-state index in [1.165, 1.54) is 0 Å². The first-order valence-electron chi connectivity index (χ1n) is 7.20. The quantitative estimate of drug-likeness (QED) is 0.840. The van der Waals surface area contributed by atoms with Gasteiger partial charge in [-0.25, -0.2) is 0 Å². The molecule has 1 aromatic heterocycles. The van der Waals surface area contributed by atoms with Crippen molar-refractivity contribution in [3.05, 3.63) is 58.3 Å². The van der Waals surface area contributed by atoms with Gasteiger partial charge in [-0.3, -0.25) is 9.78 Å². The highest BCUT2D eigenvalue weighted by atomic mass is 79.9. The van der Waals surface area contributed by atoms with E-state index in [2.05, 4.69) is 33.2 Å². The summed E-state index contributed by atoms with van der Waals surface area (Å²) in [6.07, 6.45) is 5.09. The molecule has 116 valence electrons. The van der Waals surface area contributed by atoms with Crippen molar-refractivity contribution in [3.63, 3.8) is 0 Å². The maximum absolute atomic E-state index is 12.3. The summed E-state index contributed by atoms with van der Waals surface area (Å²) < 4.78 is 6.13. The standard InChI is InChI=1S/C17H19BrN2O2/c1-3-4-15(13-5-6-16(22-2)14(18)11-13)20-17(21)12-7-9-19-10-8-12/h5-11,15H,3-4H2,1-2H3,(H,20,21)/t15-/m1/s1. The highest BCUT2D eigenvalue weighted by Crippen LogP contribution is 2.29. The van der Waals surface area contributed by atoms with Crippen LogP contribution in [0.1, 0.15) is 41.7 Å². The van der Waals surface area contributed by atoms with Crippen molar-refractivity contribution in [3.8, 4) is 5.75 Å². The number of ether oxygens (including phenoxy) is 1. The van der Waals surface area contributed by atoms with Crippen molar-refractivity contribution in [1.29, 1.82) is 0 Å². The largest absolute Gasteiger partial charge is 0.496 e. The van der Waals surface area contributed by atoms with Gasteiger partial charge in [0.15, 0.2) is 0 Å². The molecular formula is C17H19BrN2O2. The molecule has 0 bridgehead atoms. The number of benzene rings is 1. The number of amides is 1. The molecule has 22 heavy (non-hydrogen) atoms. The second-order valence-electron chi connectivity index (χ2n) is 4.94. The van der Waals surface area contributed by atoms with Crippen LogP contribution in [0.5, 0.6) is 5.75 Å². The molecule has 0 aliphatic heterocycles. The minimum absolute atomic E-state index is 0.0344. The average Bonchev–Trinajstić information content (AvgIpc) is 2.55. The van der Waals surface area contributed by atoms with Gasteiger partial charge in [0.2, 0.25) is 0 Å². The molecule has 2 aromatic rings. The van der Waals surface area contributed by atoms with Gasteiger partial charge < -0.3 is 10.1 Å². The van der Waals surface area contributed by atoms with E-state index in [1.54, 1.807) is 31.6 Å². The number of carbonyl (C=O) groups excluding carboxylic acids is 1. The second-order valence-corrected chi connectivity index (χ2v) is 5.80. The summed E-state index contributed by atoms with van der Waals surface area (Å²) in [5, 5.41) is 3.09. The molecule has 2 rings (SSSR count). The lowest BCUT2D eigenvalue weighted by molar-refractivity contribution is 0.0934. The Kier molecular flexibility index (Phi) is 5.95. The first-order valence-corrected chi connectivity index (χ1v) is 7.99. The van der Waals surface area contributed by atoms with Crippen LogP contribution in [0.4, 0.5) is 0 Å². The number of hydrogen-bond acceptors (Lipinski definition) is 3. The van der Waals surface area contributed by atoms with Crippen LogP contribution in [-0.2, 0) is 0 Å². The zero-order valence-corrected chi connectivity index (χ0v) is 14.3. The Labute approximate surface area is 139 Å². The highest BCUT2D eigenvalue weighted by Gasteiger charge is 2.16. The lowest BCUT2D eigenvalue weighted by atomic mass is 10.0. The summed E-state index contributed by atoms with van der Waals surface area (Å²) in [4.78, 5) is 16.3. The van der Waals surface area contributed by atoms with Gasteiger partial charge in [-0.15, -0.1) is 0 Å². The Balaban J connectivity index is 2.19. The zero-order chi connectivity index (χ0) is 15.9. The Morgan fingerprint density at radius 3 is 2.64 bits per heavy atom. The topological polar surface area (TPSA) is 51.2 Å². The first-order chi connectivity index (χ1) is 10.7. The highest BCUT2D eigenvalue weighted by molar-refractivity contribution is 9.10. The fraction of sp³-hybridized carbons (Fsp3) is 0.294. The lowest BCUT2D eigenvalue weighted by Gasteiger charge is -2.19. The fourth-order valence-electron chi connectivity index (χ4n) is 2.26. The summed E-state index contributed by atoms with van der Waals surface area (Å²) in [7, 11) is 1.63. The van der Waals surface area contributed by atoms with Crippen LogP contribution >= 0.6 is 15.9 Å². The van der Waals surface area contributed by atoms with Gasteiger partial charge in [0.05, 0.1) is 17.6 Å². The van der Waals surface area contributed by atoms with Crippen molar-refractivity contribution in [2.45, 2.75) is 25.8 Å². The maximum Gasteiger partial charge on any atom is 0.251 e. The normalized spacial score (nSPS) is 11.8. The average molecular weight is 363 g/mol. The van der Waals surface area contributed by atoms with E-state index in [0.29, 0.717) is 5.56 Å². The van der Waals surface area contributed by atoms with Gasteiger partial charge in [0.25, 0.3) is 5.91 Å². The van der Waals surface area contributed by atoms with Crippen molar-refractivity contribution in [2.75, 3.05) is 7.11 Å². The van der Waals surface area contributed by atoms with Crippen LogP contribution in [0.3, 0.4) is 0 Å². The summed E-state index contributed by atoms with van der Waals surface area (Å²) >= 11 is 3.49. The van der Waals surface area contributed by atoms with Crippen molar-refractivity contribution < 1.29 is 9.53 Å². The molecule has 1 amide bonds. The van der Waals surface area contributed by atoms with Gasteiger partial charge in [0.1, 0.15) is 5.75 Å². The molecule has 0 fully saturated rings. The predicted molar refractivity (Wildman–Crippen MR) is 90.0 cm³/mol. The minimum Gasteiger partial charge on any atom is -0.496 e. The van der Waals surface area contributed by atoms with E-state index in [0.717, 1.165) is 28.6 Å². The van der Waals surface area contributed by atoms with Crippen molar-refractivity contribution in [2.24, 2.45) is 0 Å². The molecular weight excluding hydrogens is 344 g/mol. The molecule has 1 heterocycles. The SMILES string of the molecule is CCC[C@@H](NC(=O)c1ccncc1)c1ccc(OC)c(Br)c1. The van der Waals surface area contributed by atoms with E-state index in [1.807, 2.05) is 18.2 Å². The van der Waals surface area contributed by atoms with Crippen molar-refractivity contribution in [1.82, 2.24) is 10.3 Å². The van der Waals surface area contributed by atoms with E-state index in [9.17, 15) is 4.79 Å². The molecule has 5 heteroatoms. The molecule has 0 aliphatic carbocycles. The second kappa shape index (κ2) is 7.94. The molecule has 4 nitrogen and oxygen atoms in total. The predicted octanol–water partition coefficient (Wildman–Crippen LogP) is 4.12. The zero-order valence-electron chi connectivity index (χ0n) is 12.7. The molecule has 0 spiro atoms. The Bertz CT molecular complexity index is 632. The van der Waals surface area contributed by atoms with E-state index in [4.69, 9.17) is 4.74 Å². The Morgan fingerprint density at radius 1 is 1.32 bits per heavy atom. The summed E-state index contributed by atoms with van der Waals surface area (Å²) in [6, 6.07) is 9.27. The van der Waals surface area contributed by atoms with Crippen LogP contribution in [0.25, 0.3) is 0 Å². The molecule has 0 saturated carbocycles. The molecule has 0 saturated heterocycles. The Morgan fingerprint density at radius 2 is 2.05 bits per heavy atom. The number of methoxy groups -OCH3 is 1. The summed E-state index contributed by atoms with van der Waals surface area (Å²) in [5.74, 6) is 0.687. The molecule has 0 aliphatic rings. The lowest BCUT2D eigenvalue weighted by Crippen LogP contribution is -2.28. The van der Waals surface area contributed by atoms with Gasteiger partial charge in [0, 0.05) is 18.0 Å². The third kappa shape index (κ3) is 4.07. The first kappa shape index (κ1) is 16.5. The number of carbonyl (C=O) groups is 1.